The molecule has 0 aliphatic rings. The molecule has 0 saturated carbocycles. The number of halogens is 1. The molecule has 3 rings (SSSR count). The Hall–Kier alpha value is -1.99. The first-order valence-corrected chi connectivity index (χ1v) is 7.14. The van der Waals surface area contributed by atoms with Crippen molar-refractivity contribution in [2.45, 2.75) is 12.5 Å². The van der Waals surface area contributed by atoms with Crippen LogP contribution in [0.5, 0.6) is 5.75 Å². The molecule has 0 radical (unpaired) electrons. The Morgan fingerprint density at radius 1 is 0.850 bits per heavy atom. The number of ether oxygens (including phenoxy) is 1. The van der Waals surface area contributed by atoms with Crippen LogP contribution in [0.4, 0.5) is 0 Å². The first kappa shape index (κ1) is 13.0. The lowest BCUT2D eigenvalue weighted by Crippen LogP contribution is -1.96. The predicted octanol–water partition coefficient (Wildman–Crippen LogP) is 5.16. The van der Waals surface area contributed by atoms with E-state index in [4.69, 9.17) is 16.3 Å². The largest absolute Gasteiger partial charge is 0.489 e. The molecule has 20 heavy (non-hydrogen) atoms. The van der Waals surface area contributed by atoms with Crippen LogP contribution in [-0.2, 0) is 12.5 Å². The minimum Gasteiger partial charge on any atom is -0.489 e. The lowest BCUT2D eigenvalue weighted by Gasteiger charge is -2.09. The Morgan fingerprint density at radius 3 is 2.55 bits per heavy atom. The number of benzene rings is 3. The summed E-state index contributed by atoms with van der Waals surface area (Å²) in [6, 6.07) is 22.6. The molecule has 1 nitrogen and oxygen atoms in total. The van der Waals surface area contributed by atoms with E-state index < -0.39 is 0 Å². The van der Waals surface area contributed by atoms with Crippen molar-refractivity contribution in [3.63, 3.8) is 0 Å². The number of alkyl halides is 1. The smallest absolute Gasteiger partial charge is 0.120 e. The van der Waals surface area contributed by atoms with Crippen LogP contribution in [0.3, 0.4) is 0 Å². The fourth-order valence-electron chi connectivity index (χ4n) is 2.30. The highest BCUT2D eigenvalue weighted by atomic mass is 35.5. The summed E-state index contributed by atoms with van der Waals surface area (Å²) in [4.78, 5) is 0. The number of rotatable bonds is 4. The third kappa shape index (κ3) is 2.78. The molecule has 0 N–H and O–H groups in total. The molecule has 0 aliphatic carbocycles. The molecule has 0 amide bonds. The van der Waals surface area contributed by atoms with Crippen molar-refractivity contribution in [1.82, 2.24) is 0 Å². The summed E-state index contributed by atoms with van der Waals surface area (Å²) in [6.07, 6.45) is 0. The van der Waals surface area contributed by atoms with Crippen molar-refractivity contribution < 1.29 is 4.74 Å². The van der Waals surface area contributed by atoms with Gasteiger partial charge in [-0.2, -0.15) is 0 Å². The van der Waals surface area contributed by atoms with E-state index in [2.05, 4.69) is 42.5 Å². The van der Waals surface area contributed by atoms with E-state index in [0.29, 0.717) is 12.5 Å². The van der Waals surface area contributed by atoms with Gasteiger partial charge in [0, 0.05) is 5.88 Å². The van der Waals surface area contributed by atoms with Crippen molar-refractivity contribution in [3.8, 4) is 5.75 Å². The molecule has 0 aromatic heterocycles. The van der Waals surface area contributed by atoms with E-state index >= 15 is 0 Å². The van der Waals surface area contributed by atoms with Gasteiger partial charge in [-0.05, 0) is 34.0 Å². The molecular weight excluding hydrogens is 268 g/mol. The first-order valence-electron chi connectivity index (χ1n) is 6.61. The summed E-state index contributed by atoms with van der Waals surface area (Å²) in [5.74, 6) is 1.36. The van der Waals surface area contributed by atoms with Gasteiger partial charge in [-0.15, -0.1) is 11.6 Å². The summed E-state index contributed by atoms with van der Waals surface area (Å²) in [7, 11) is 0. The maximum absolute atomic E-state index is 5.88. The van der Waals surface area contributed by atoms with E-state index in [1.807, 2.05) is 24.3 Å². The van der Waals surface area contributed by atoms with Gasteiger partial charge in [-0.25, -0.2) is 0 Å². The van der Waals surface area contributed by atoms with Crippen molar-refractivity contribution in [3.05, 3.63) is 77.9 Å². The highest BCUT2D eigenvalue weighted by molar-refractivity contribution is 6.17. The van der Waals surface area contributed by atoms with Crippen LogP contribution in [0.2, 0.25) is 0 Å². The molecule has 0 unspecified atom stereocenters. The summed E-state index contributed by atoms with van der Waals surface area (Å²) in [5.41, 5.74) is 2.27. The van der Waals surface area contributed by atoms with Gasteiger partial charge in [0.05, 0.1) is 0 Å². The standard InChI is InChI=1S/C18H15ClO/c19-12-14-5-3-9-17(11-14)20-13-16-8-4-7-15-6-1-2-10-18(15)16/h1-11H,12-13H2. The van der Waals surface area contributed by atoms with Crippen LogP contribution in [0.25, 0.3) is 10.8 Å². The van der Waals surface area contributed by atoms with Gasteiger partial charge in [0.15, 0.2) is 0 Å². The zero-order chi connectivity index (χ0) is 13.8. The Balaban J connectivity index is 1.83. The van der Waals surface area contributed by atoms with Crippen LogP contribution in [0, 0.1) is 0 Å². The van der Waals surface area contributed by atoms with Crippen LogP contribution in [0.1, 0.15) is 11.1 Å². The van der Waals surface area contributed by atoms with Gasteiger partial charge in [0.25, 0.3) is 0 Å². The molecular formula is C18H15ClO. The topological polar surface area (TPSA) is 9.23 Å². The molecule has 0 heterocycles. The Morgan fingerprint density at radius 2 is 1.65 bits per heavy atom. The molecule has 100 valence electrons. The average Bonchev–Trinajstić information content (AvgIpc) is 2.53. The lowest BCUT2D eigenvalue weighted by atomic mass is 10.1. The van der Waals surface area contributed by atoms with Crippen molar-refractivity contribution in [2.75, 3.05) is 0 Å². The molecule has 0 atom stereocenters. The second-order valence-corrected chi connectivity index (χ2v) is 4.98. The zero-order valence-electron chi connectivity index (χ0n) is 11.1. The SMILES string of the molecule is ClCc1cccc(OCc2cccc3ccccc23)c1. The maximum Gasteiger partial charge on any atom is 0.120 e. The van der Waals surface area contributed by atoms with E-state index in [9.17, 15) is 0 Å². The van der Waals surface area contributed by atoms with Crippen LogP contribution in [0.15, 0.2) is 66.7 Å². The maximum atomic E-state index is 5.88. The molecule has 0 spiro atoms. The predicted molar refractivity (Wildman–Crippen MR) is 84.3 cm³/mol. The molecule has 0 aliphatic heterocycles. The Kier molecular flexibility index (Phi) is 3.89. The summed E-state index contributed by atoms with van der Waals surface area (Å²) in [5, 5.41) is 2.48. The van der Waals surface area contributed by atoms with E-state index in [-0.39, 0.29) is 0 Å². The molecule has 3 aromatic carbocycles. The van der Waals surface area contributed by atoms with Crippen LogP contribution in [-0.4, -0.2) is 0 Å². The van der Waals surface area contributed by atoms with E-state index in [0.717, 1.165) is 11.3 Å². The van der Waals surface area contributed by atoms with Crippen LogP contribution < -0.4 is 4.74 Å². The molecule has 0 fully saturated rings. The number of fused-ring (bicyclic) bond motifs is 1. The van der Waals surface area contributed by atoms with E-state index in [1.165, 1.54) is 16.3 Å². The lowest BCUT2D eigenvalue weighted by molar-refractivity contribution is 0.307. The number of hydrogen-bond acceptors (Lipinski definition) is 1. The summed E-state index contributed by atoms with van der Waals surface area (Å²) < 4.78 is 5.88. The Labute approximate surface area is 123 Å². The highest BCUT2D eigenvalue weighted by Crippen LogP contribution is 2.21. The van der Waals surface area contributed by atoms with Gasteiger partial charge in [-0.3, -0.25) is 0 Å². The molecule has 3 aromatic rings. The first-order chi connectivity index (χ1) is 9.86. The molecule has 0 bridgehead atoms. The van der Waals surface area contributed by atoms with Crippen molar-refractivity contribution in [2.24, 2.45) is 0 Å². The van der Waals surface area contributed by atoms with Gasteiger partial charge >= 0.3 is 0 Å². The van der Waals surface area contributed by atoms with Crippen LogP contribution >= 0.6 is 11.6 Å². The minimum atomic E-state index is 0.505. The summed E-state index contributed by atoms with van der Waals surface area (Å²) in [6.45, 7) is 0.563. The quantitative estimate of drug-likeness (QED) is 0.601. The van der Waals surface area contributed by atoms with Crippen molar-refractivity contribution in [1.29, 1.82) is 0 Å². The monoisotopic (exact) mass is 282 g/mol. The Bertz CT molecular complexity index is 716. The highest BCUT2D eigenvalue weighted by Gasteiger charge is 2.02. The third-order valence-electron chi connectivity index (χ3n) is 3.33. The average molecular weight is 283 g/mol. The van der Waals surface area contributed by atoms with Gasteiger partial charge < -0.3 is 4.74 Å². The molecule has 0 saturated heterocycles. The fraction of sp³-hybridized carbons (Fsp3) is 0.111. The zero-order valence-corrected chi connectivity index (χ0v) is 11.8. The second kappa shape index (κ2) is 5.98. The molecule has 2 heteroatoms. The third-order valence-corrected chi connectivity index (χ3v) is 3.64. The van der Waals surface area contributed by atoms with Gasteiger partial charge in [-0.1, -0.05) is 54.6 Å². The van der Waals surface area contributed by atoms with Gasteiger partial charge in [0.2, 0.25) is 0 Å². The number of hydrogen-bond donors (Lipinski definition) is 0. The normalized spacial score (nSPS) is 10.7. The van der Waals surface area contributed by atoms with E-state index in [1.54, 1.807) is 0 Å². The minimum absolute atomic E-state index is 0.505. The second-order valence-electron chi connectivity index (χ2n) is 4.71. The summed E-state index contributed by atoms with van der Waals surface area (Å²) >= 11 is 5.84. The van der Waals surface area contributed by atoms with Gasteiger partial charge in [0.1, 0.15) is 12.4 Å². The fourth-order valence-corrected chi connectivity index (χ4v) is 2.46. The van der Waals surface area contributed by atoms with Crippen molar-refractivity contribution >= 4 is 22.4 Å².